The van der Waals surface area contributed by atoms with Gasteiger partial charge in [0.15, 0.2) is 0 Å². The zero-order valence-corrected chi connectivity index (χ0v) is 16.3. The Kier molecular flexibility index (Phi) is 5.87. The molecule has 2 heterocycles. The van der Waals surface area contributed by atoms with Crippen molar-refractivity contribution in [3.05, 3.63) is 41.7 Å². The summed E-state index contributed by atoms with van der Waals surface area (Å²) < 4.78 is 20.9. The predicted molar refractivity (Wildman–Crippen MR) is 106 cm³/mol. The van der Waals surface area contributed by atoms with E-state index >= 15 is 0 Å². The van der Waals surface area contributed by atoms with Crippen LogP contribution in [0.2, 0.25) is 0 Å². The lowest BCUT2D eigenvalue weighted by Gasteiger charge is -2.30. The van der Waals surface area contributed by atoms with Gasteiger partial charge in [0.05, 0.1) is 5.69 Å². The highest BCUT2D eigenvalue weighted by molar-refractivity contribution is 5.59. The first-order valence-corrected chi connectivity index (χ1v) is 9.62. The fraction of sp³-hybridized carbons (Fsp3) is 0.524. The molecule has 1 N–H and O–H groups in total. The normalized spacial score (nSPS) is 16.2. The minimum atomic E-state index is -1.32. The van der Waals surface area contributed by atoms with Crippen LogP contribution in [0.15, 0.2) is 30.3 Å². The summed E-state index contributed by atoms with van der Waals surface area (Å²) in [6.45, 7) is 12.1. The molecule has 0 aliphatic carbocycles. The van der Waals surface area contributed by atoms with Gasteiger partial charge in [0, 0.05) is 56.2 Å². The van der Waals surface area contributed by atoms with Crippen molar-refractivity contribution >= 4 is 5.69 Å². The van der Waals surface area contributed by atoms with Crippen LogP contribution in [0.4, 0.5) is 10.1 Å². The van der Waals surface area contributed by atoms with Crippen LogP contribution in [0.5, 0.6) is 5.75 Å². The Morgan fingerprint density at radius 2 is 1.88 bits per heavy atom. The van der Waals surface area contributed by atoms with Crippen molar-refractivity contribution in [2.45, 2.75) is 46.4 Å². The SMILES string of the molecule is CCc1c(N2CCNCC2)cc(C(C)C)n1-c1cccc(OC(C)F)c1. The van der Waals surface area contributed by atoms with Crippen LogP contribution >= 0.6 is 0 Å². The van der Waals surface area contributed by atoms with E-state index in [0.29, 0.717) is 11.7 Å². The molecule has 1 aromatic carbocycles. The number of hydrogen-bond acceptors (Lipinski definition) is 3. The molecule has 1 saturated heterocycles. The molecule has 1 unspecified atom stereocenters. The molecule has 4 nitrogen and oxygen atoms in total. The number of ether oxygens (including phenoxy) is 1. The number of halogens is 1. The molecule has 1 aliphatic rings. The fourth-order valence-electron chi connectivity index (χ4n) is 3.69. The third-order valence-electron chi connectivity index (χ3n) is 4.87. The van der Waals surface area contributed by atoms with E-state index in [-0.39, 0.29) is 0 Å². The van der Waals surface area contributed by atoms with E-state index in [1.54, 1.807) is 6.07 Å². The molecule has 5 heteroatoms. The maximum absolute atomic E-state index is 13.3. The van der Waals surface area contributed by atoms with E-state index in [1.165, 1.54) is 24.0 Å². The summed E-state index contributed by atoms with van der Waals surface area (Å²) in [6, 6.07) is 10.1. The molecule has 0 radical (unpaired) electrons. The van der Waals surface area contributed by atoms with Crippen LogP contribution in [0.3, 0.4) is 0 Å². The highest BCUT2D eigenvalue weighted by atomic mass is 19.1. The topological polar surface area (TPSA) is 29.4 Å². The average Bonchev–Trinajstić information content (AvgIpc) is 3.02. The van der Waals surface area contributed by atoms with Gasteiger partial charge in [-0.15, -0.1) is 0 Å². The summed E-state index contributed by atoms with van der Waals surface area (Å²) in [5, 5.41) is 3.42. The Labute approximate surface area is 156 Å². The van der Waals surface area contributed by atoms with E-state index in [9.17, 15) is 4.39 Å². The standard InChI is InChI=1S/C21H30FN3O/c1-5-19-21(24-11-9-23-10-12-24)14-20(15(2)3)25(19)17-7-6-8-18(13-17)26-16(4)22/h6-8,13-16,23H,5,9-12H2,1-4H3. The van der Waals surface area contributed by atoms with E-state index in [0.717, 1.165) is 38.3 Å². The van der Waals surface area contributed by atoms with Crippen LogP contribution in [0, 0.1) is 0 Å². The number of anilines is 1. The molecular weight excluding hydrogens is 329 g/mol. The first-order chi connectivity index (χ1) is 12.5. The average molecular weight is 359 g/mol. The number of rotatable bonds is 6. The number of hydrogen-bond donors (Lipinski definition) is 1. The molecule has 0 bridgehead atoms. The van der Waals surface area contributed by atoms with Gasteiger partial charge in [0.25, 0.3) is 0 Å². The van der Waals surface area contributed by atoms with Gasteiger partial charge in [-0.1, -0.05) is 26.8 Å². The minimum Gasteiger partial charge on any atom is -0.461 e. The third-order valence-corrected chi connectivity index (χ3v) is 4.87. The summed E-state index contributed by atoms with van der Waals surface area (Å²) in [5.41, 5.74) is 4.94. The van der Waals surface area contributed by atoms with Crippen molar-refractivity contribution in [2.75, 3.05) is 31.1 Å². The van der Waals surface area contributed by atoms with Crippen molar-refractivity contribution in [1.29, 1.82) is 0 Å². The second-order valence-electron chi connectivity index (χ2n) is 7.14. The summed E-state index contributed by atoms with van der Waals surface area (Å²) in [7, 11) is 0. The number of nitrogens with zero attached hydrogens (tertiary/aromatic N) is 2. The molecule has 0 spiro atoms. The van der Waals surface area contributed by atoms with Crippen LogP contribution in [0.1, 0.15) is 45.0 Å². The molecule has 142 valence electrons. The monoisotopic (exact) mass is 359 g/mol. The molecule has 0 amide bonds. The Hall–Kier alpha value is -2.01. The number of piperazine rings is 1. The molecule has 0 saturated carbocycles. The second-order valence-corrected chi connectivity index (χ2v) is 7.14. The van der Waals surface area contributed by atoms with E-state index < -0.39 is 6.36 Å². The quantitative estimate of drug-likeness (QED) is 0.835. The van der Waals surface area contributed by atoms with Crippen LogP contribution in [-0.2, 0) is 6.42 Å². The Morgan fingerprint density at radius 3 is 2.50 bits per heavy atom. The predicted octanol–water partition coefficient (Wildman–Crippen LogP) is 4.27. The Balaban J connectivity index is 2.08. The van der Waals surface area contributed by atoms with Crippen molar-refractivity contribution in [3.63, 3.8) is 0 Å². The van der Waals surface area contributed by atoms with Crippen LogP contribution in [0.25, 0.3) is 5.69 Å². The molecule has 1 aliphatic heterocycles. The van der Waals surface area contributed by atoms with Gasteiger partial charge in [-0.2, -0.15) is 0 Å². The number of nitrogens with one attached hydrogen (secondary N) is 1. The fourth-order valence-corrected chi connectivity index (χ4v) is 3.69. The largest absolute Gasteiger partial charge is 0.461 e. The number of aromatic nitrogens is 1. The highest BCUT2D eigenvalue weighted by Gasteiger charge is 2.22. The van der Waals surface area contributed by atoms with Gasteiger partial charge < -0.3 is 19.5 Å². The molecule has 3 rings (SSSR count). The van der Waals surface area contributed by atoms with E-state index in [2.05, 4.69) is 47.7 Å². The molecule has 2 aromatic rings. The van der Waals surface area contributed by atoms with Crippen molar-refractivity contribution in [3.8, 4) is 11.4 Å². The van der Waals surface area contributed by atoms with Gasteiger partial charge in [0.2, 0.25) is 6.36 Å². The van der Waals surface area contributed by atoms with Crippen LogP contribution < -0.4 is 15.0 Å². The summed E-state index contributed by atoms with van der Waals surface area (Å²) in [6.07, 6.45) is -0.377. The smallest absolute Gasteiger partial charge is 0.235 e. The van der Waals surface area contributed by atoms with Gasteiger partial charge in [0.1, 0.15) is 5.75 Å². The lowest BCUT2D eigenvalue weighted by molar-refractivity contribution is 0.0860. The molecular formula is C21H30FN3O. The second kappa shape index (κ2) is 8.12. The molecule has 1 fully saturated rings. The maximum atomic E-state index is 13.3. The highest BCUT2D eigenvalue weighted by Crippen LogP contribution is 2.34. The Bertz CT molecular complexity index is 733. The minimum absolute atomic E-state index is 0.390. The van der Waals surface area contributed by atoms with Crippen molar-refractivity contribution in [2.24, 2.45) is 0 Å². The first-order valence-electron chi connectivity index (χ1n) is 9.62. The zero-order chi connectivity index (χ0) is 18.7. The van der Waals surface area contributed by atoms with Gasteiger partial charge in [-0.3, -0.25) is 0 Å². The first kappa shape index (κ1) is 18.8. The van der Waals surface area contributed by atoms with Crippen LogP contribution in [-0.4, -0.2) is 37.1 Å². The Morgan fingerprint density at radius 1 is 1.15 bits per heavy atom. The van der Waals surface area contributed by atoms with Gasteiger partial charge in [-0.25, -0.2) is 4.39 Å². The lowest BCUT2D eigenvalue weighted by atomic mass is 10.1. The molecule has 26 heavy (non-hydrogen) atoms. The maximum Gasteiger partial charge on any atom is 0.235 e. The lowest BCUT2D eigenvalue weighted by Crippen LogP contribution is -2.43. The molecule has 1 aromatic heterocycles. The summed E-state index contributed by atoms with van der Waals surface area (Å²) in [5.74, 6) is 0.952. The number of alkyl halides is 1. The van der Waals surface area contributed by atoms with E-state index in [4.69, 9.17) is 4.74 Å². The van der Waals surface area contributed by atoms with Crippen molar-refractivity contribution in [1.82, 2.24) is 9.88 Å². The zero-order valence-electron chi connectivity index (χ0n) is 16.3. The van der Waals surface area contributed by atoms with Gasteiger partial charge >= 0.3 is 0 Å². The third kappa shape index (κ3) is 3.88. The van der Waals surface area contributed by atoms with Crippen molar-refractivity contribution < 1.29 is 9.13 Å². The van der Waals surface area contributed by atoms with E-state index in [1.807, 2.05) is 12.1 Å². The van der Waals surface area contributed by atoms with Gasteiger partial charge in [-0.05, 0) is 30.5 Å². The molecule has 1 atom stereocenters. The summed E-state index contributed by atoms with van der Waals surface area (Å²) in [4.78, 5) is 2.47. The number of benzene rings is 1. The summed E-state index contributed by atoms with van der Waals surface area (Å²) >= 11 is 0.